The number of nitrogen functional groups attached to an aromatic ring is 1. The minimum atomic E-state index is 0.344. The number of benzene rings is 1. The predicted molar refractivity (Wildman–Crippen MR) is 70.7 cm³/mol. The van der Waals surface area contributed by atoms with Gasteiger partial charge in [-0.3, -0.25) is 0 Å². The van der Waals surface area contributed by atoms with E-state index in [-0.39, 0.29) is 0 Å². The van der Waals surface area contributed by atoms with Crippen molar-refractivity contribution >= 4 is 11.4 Å². The van der Waals surface area contributed by atoms with Crippen molar-refractivity contribution in [3.8, 4) is 6.07 Å². The second kappa shape index (κ2) is 3.96. The molecular weight excluding hydrogens is 210 g/mol. The van der Waals surface area contributed by atoms with Gasteiger partial charge in [0.2, 0.25) is 0 Å². The topological polar surface area (TPSA) is 53.0 Å². The summed E-state index contributed by atoms with van der Waals surface area (Å²) in [7, 11) is 0. The second-order valence-corrected chi connectivity index (χ2v) is 5.86. The number of nitrogens with zero attached hydrogens (tertiary/aromatic N) is 2. The van der Waals surface area contributed by atoms with E-state index >= 15 is 0 Å². The van der Waals surface area contributed by atoms with Crippen molar-refractivity contribution in [1.29, 1.82) is 5.26 Å². The summed E-state index contributed by atoms with van der Waals surface area (Å²) in [4.78, 5) is 2.26. The van der Waals surface area contributed by atoms with Crippen molar-refractivity contribution in [2.75, 3.05) is 23.7 Å². The van der Waals surface area contributed by atoms with Crippen LogP contribution in [0.5, 0.6) is 0 Å². The van der Waals surface area contributed by atoms with E-state index in [2.05, 4.69) is 31.7 Å². The number of nitrogens with two attached hydrogens (primary N) is 1. The molecule has 0 radical (unpaired) electrons. The monoisotopic (exact) mass is 229 g/mol. The number of anilines is 2. The number of hydrogen-bond acceptors (Lipinski definition) is 3. The molecule has 3 nitrogen and oxygen atoms in total. The van der Waals surface area contributed by atoms with Crippen LogP contribution in [-0.4, -0.2) is 13.1 Å². The summed E-state index contributed by atoms with van der Waals surface area (Å²) < 4.78 is 0. The van der Waals surface area contributed by atoms with Gasteiger partial charge in [0.25, 0.3) is 0 Å². The zero-order chi connectivity index (χ0) is 12.6. The molecule has 1 saturated heterocycles. The van der Waals surface area contributed by atoms with Gasteiger partial charge in [-0.25, -0.2) is 0 Å². The number of hydrogen-bond donors (Lipinski definition) is 1. The Bertz CT molecular complexity index is 459. The third-order valence-electron chi connectivity index (χ3n) is 3.59. The standard InChI is InChI=1S/C14H19N3/c1-14(2,3)11-8-17(9-11)13-5-4-12(16)6-10(13)7-15/h4-6,11H,8-9,16H2,1-3H3. The van der Waals surface area contributed by atoms with Gasteiger partial charge in [0.15, 0.2) is 0 Å². The highest BCUT2D eigenvalue weighted by atomic mass is 15.2. The molecular formula is C14H19N3. The minimum Gasteiger partial charge on any atom is -0.399 e. The smallest absolute Gasteiger partial charge is 0.101 e. The minimum absolute atomic E-state index is 0.344. The van der Waals surface area contributed by atoms with Crippen LogP contribution in [0.3, 0.4) is 0 Å². The third kappa shape index (κ3) is 2.21. The summed E-state index contributed by atoms with van der Waals surface area (Å²) in [5, 5.41) is 9.10. The van der Waals surface area contributed by atoms with E-state index < -0.39 is 0 Å². The Balaban J connectivity index is 2.15. The molecule has 1 aromatic carbocycles. The summed E-state index contributed by atoms with van der Waals surface area (Å²) in [5.74, 6) is 0.701. The molecule has 2 N–H and O–H groups in total. The van der Waals surface area contributed by atoms with E-state index in [0.29, 0.717) is 22.6 Å². The summed E-state index contributed by atoms with van der Waals surface area (Å²) in [5.41, 5.74) is 8.38. The summed E-state index contributed by atoms with van der Waals surface area (Å²) in [6.07, 6.45) is 0. The molecule has 0 amide bonds. The van der Waals surface area contributed by atoms with E-state index in [1.807, 2.05) is 12.1 Å². The van der Waals surface area contributed by atoms with E-state index in [0.717, 1.165) is 18.8 Å². The molecule has 0 unspecified atom stereocenters. The van der Waals surface area contributed by atoms with Gasteiger partial charge in [-0.1, -0.05) is 20.8 Å². The summed E-state index contributed by atoms with van der Waals surface area (Å²) in [6, 6.07) is 7.78. The Morgan fingerprint density at radius 2 is 2.00 bits per heavy atom. The molecule has 0 bridgehead atoms. The molecule has 0 spiro atoms. The van der Waals surface area contributed by atoms with Crippen LogP contribution < -0.4 is 10.6 Å². The van der Waals surface area contributed by atoms with Gasteiger partial charge in [0, 0.05) is 18.8 Å². The molecule has 0 aromatic heterocycles. The Morgan fingerprint density at radius 1 is 1.35 bits per heavy atom. The molecule has 2 rings (SSSR count). The second-order valence-electron chi connectivity index (χ2n) is 5.86. The first kappa shape index (κ1) is 11.8. The average molecular weight is 229 g/mol. The van der Waals surface area contributed by atoms with Crippen molar-refractivity contribution in [1.82, 2.24) is 0 Å². The fourth-order valence-electron chi connectivity index (χ4n) is 2.14. The van der Waals surface area contributed by atoms with Crippen molar-refractivity contribution in [3.05, 3.63) is 23.8 Å². The molecule has 3 heteroatoms. The number of rotatable bonds is 1. The maximum absolute atomic E-state index is 9.10. The van der Waals surface area contributed by atoms with Crippen molar-refractivity contribution in [3.63, 3.8) is 0 Å². The van der Waals surface area contributed by atoms with E-state index in [1.165, 1.54) is 0 Å². The van der Waals surface area contributed by atoms with E-state index in [9.17, 15) is 0 Å². The van der Waals surface area contributed by atoms with E-state index in [4.69, 9.17) is 11.0 Å². The first-order valence-corrected chi connectivity index (χ1v) is 5.96. The largest absolute Gasteiger partial charge is 0.399 e. The van der Waals surface area contributed by atoms with Crippen LogP contribution in [0.25, 0.3) is 0 Å². The summed E-state index contributed by atoms with van der Waals surface area (Å²) in [6.45, 7) is 8.86. The molecule has 1 aromatic rings. The van der Waals surface area contributed by atoms with Crippen LogP contribution in [0.15, 0.2) is 18.2 Å². The lowest BCUT2D eigenvalue weighted by atomic mass is 9.75. The molecule has 0 aliphatic carbocycles. The normalized spacial score (nSPS) is 16.5. The van der Waals surface area contributed by atoms with Crippen LogP contribution in [0.2, 0.25) is 0 Å². The average Bonchev–Trinajstić information content (AvgIpc) is 2.15. The van der Waals surface area contributed by atoms with Crippen molar-refractivity contribution in [2.45, 2.75) is 20.8 Å². The lowest BCUT2D eigenvalue weighted by molar-refractivity contribution is 0.195. The molecule has 17 heavy (non-hydrogen) atoms. The molecule has 1 fully saturated rings. The Morgan fingerprint density at radius 3 is 2.53 bits per heavy atom. The maximum Gasteiger partial charge on any atom is 0.101 e. The first-order chi connectivity index (χ1) is 7.91. The Labute approximate surface area is 103 Å². The van der Waals surface area contributed by atoms with E-state index in [1.54, 1.807) is 6.07 Å². The molecule has 0 saturated carbocycles. The Kier molecular flexibility index (Phi) is 2.74. The van der Waals surface area contributed by atoms with Crippen LogP contribution >= 0.6 is 0 Å². The van der Waals surface area contributed by atoms with Gasteiger partial charge in [0.1, 0.15) is 6.07 Å². The lowest BCUT2D eigenvalue weighted by Gasteiger charge is -2.47. The molecule has 1 aliphatic rings. The van der Waals surface area contributed by atoms with Gasteiger partial charge >= 0.3 is 0 Å². The molecule has 1 heterocycles. The van der Waals surface area contributed by atoms with Crippen LogP contribution in [0.4, 0.5) is 11.4 Å². The zero-order valence-electron chi connectivity index (χ0n) is 10.7. The quantitative estimate of drug-likeness (QED) is 0.753. The van der Waals surface area contributed by atoms with Crippen molar-refractivity contribution in [2.24, 2.45) is 11.3 Å². The van der Waals surface area contributed by atoms with Crippen LogP contribution in [-0.2, 0) is 0 Å². The van der Waals surface area contributed by atoms with Gasteiger partial charge in [-0.15, -0.1) is 0 Å². The van der Waals surface area contributed by atoms with Gasteiger partial charge in [-0.2, -0.15) is 5.26 Å². The zero-order valence-corrected chi connectivity index (χ0v) is 10.7. The van der Waals surface area contributed by atoms with Crippen LogP contribution in [0, 0.1) is 22.7 Å². The highest BCUT2D eigenvalue weighted by Crippen LogP contribution is 2.37. The fraction of sp³-hybridized carbons (Fsp3) is 0.500. The number of nitriles is 1. The fourth-order valence-corrected chi connectivity index (χ4v) is 2.14. The lowest BCUT2D eigenvalue weighted by Crippen LogP contribution is -2.52. The highest BCUT2D eigenvalue weighted by Gasteiger charge is 2.36. The maximum atomic E-state index is 9.10. The van der Waals surface area contributed by atoms with Gasteiger partial charge < -0.3 is 10.6 Å². The first-order valence-electron chi connectivity index (χ1n) is 5.96. The Hall–Kier alpha value is -1.69. The van der Waals surface area contributed by atoms with Crippen LogP contribution in [0.1, 0.15) is 26.3 Å². The molecule has 90 valence electrons. The highest BCUT2D eigenvalue weighted by molar-refractivity contribution is 5.65. The van der Waals surface area contributed by atoms with Crippen molar-refractivity contribution < 1.29 is 0 Å². The molecule has 1 aliphatic heterocycles. The SMILES string of the molecule is CC(C)(C)C1CN(c2ccc(N)cc2C#N)C1. The van der Waals surface area contributed by atoms with Gasteiger partial charge in [0.05, 0.1) is 11.3 Å². The third-order valence-corrected chi connectivity index (χ3v) is 3.59. The van der Waals surface area contributed by atoms with Gasteiger partial charge in [-0.05, 0) is 29.5 Å². The summed E-state index contributed by atoms with van der Waals surface area (Å²) >= 11 is 0. The molecule has 0 atom stereocenters. The predicted octanol–water partition coefficient (Wildman–Crippen LogP) is 2.62.